The molecule has 2 heterocycles. The van der Waals surface area contributed by atoms with Crippen molar-refractivity contribution in [2.75, 3.05) is 44.5 Å². The highest BCUT2D eigenvalue weighted by atomic mass is 16.5. The molecule has 0 radical (unpaired) electrons. The minimum Gasteiger partial charge on any atom is -0.493 e. The largest absolute Gasteiger partial charge is 0.493 e. The SMILES string of the molecule is CNc1ccnc(Nc2ccc(OC)c(OCCN3CCCC3C)c2)n1. The third-order valence-corrected chi connectivity index (χ3v) is 4.66. The lowest BCUT2D eigenvalue weighted by Gasteiger charge is -2.21. The van der Waals surface area contributed by atoms with Crippen LogP contribution in [0, 0.1) is 0 Å². The average molecular weight is 357 g/mol. The molecule has 0 spiro atoms. The van der Waals surface area contributed by atoms with Crippen LogP contribution in [0.4, 0.5) is 17.5 Å². The smallest absolute Gasteiger partial charge is 0.229 e. The first-order valence-electron chi connectivity index (χ1n) is 9.02. The zero-order valence-corrected chi connectivity index (χ0v) is 15.7. The van der Waals surface area contributed by atoms with E-state index in [-0.39, 0.29) is 0 Å². The summed E-state index contributed by atoms with van der Waals surface area (Å²) in [4.78, 5) is 11.1. The topological polar surface area (TPSA) is 71.5 Å². The minimum absolute atomic E-state index is 0.527. The Bertz CT molecular complexity index is 725. The van der Waals surface area contributed by atoms with E-state index in [1.165, 1.54) is 12.8 Å². The predicted molar refractivity (Wildman–Crippen MR) is 104 cm³/mol. The number of anilines is 3. The Morgan fingerprint density at radius 1 is 1.27 bits per heavy atom. The Balaban J connectivity index is 1.65. The molecule has 7 nitrogen and oxygen atoms in total. The van der Waals surface area contributed by atoms with Crippen molar-refractivity contribution in [3.8, 4) is 11.5 Å². The molecule has 0 aliphatic carbocycles. The van der Waals surface area contributed by atoms with E-state index < -0.39 is 0 Å². The van der Waals surface area contributed by atoms with Gasteiger partial charge in [0.1, 0.15) is 12.4 Å². The van der Waals surface area contributed by atoms with Gasteiger partial charge < -0.3 is 20.1 Å². The number of likely N-dealkylation sites (tertiary alicyclic amines) is 1. The van der Waals surface area contributed by atoms with Crippen LogP contribution in [-0.4, -0.2) is 54.8 Å². The molecule has 1 unspecified atom stereocenters. The molecule has 1 fully saturated rings. The third-order valence-electron chi connectivity index (χ3n) is 4.66. The first kappa shape index (κ1) is 18.3. The normalized spacial score (nSPS) is 17.1. The lowest BCUT2D eigenvalue weighted by Crippen LogP contribution is -2.31. The van der Waals surface area contributed by atoms with Crippen molar-refractivity contribution in [2.45, 2.75) is 25.8 Å². The summed E-state index contributed by atoms with van der Waals surface area (Å²) < 4.78 is 11.4. The summed E-state index contributed by atoms with van der Waals surface area (Å²) in [5.41, 5.74) is 0.851. The van der Waals surface area contributed by atoms with Gasteiger partial charge in [0.15, 0.2) is 11.5 Å². The highest BCUT2D eigenvalue weighted by Gasteiger charge is 2.19. The first-order chi connectivity index (χ1) is 12.7. The Morgan fingerprint density at radius 3 is 2.88 bits per heavy atom. The molecule has 0 bridgehead atoms. The Kier molecular flexibility index (Phi) is 6.12. The molecule has 2 aromatic rings. The highest BCUT2D eigenvalue weighted by molar-refractivity contribution is 5.60. The van der Waals surface area contributed by atoms with Gasteiger partial charge in [0.25, 0.3) is 0 Å². The highest BCUT2D eigenvalue weighted by Crippen LogP contribution is 2.31. The van der Waals surface area contributed by atoms with E-state index in [1.54, 1.807) is 13.3 Å². The molecule has 1 atom stereocenters. The second kappa shape index (κ2) is 8.71. The first-order valence-corrected chi connectivity index (χ1v) is 9.02. The number of hydrogen-bond donors (Lipinski definition) is 2. The number of aromatic nitrogens is 2. The maximum absolute atomic E-state index is 6.00. The summed E-state index contributed by atoms with van der Waals surface area (Å²) in [5, 5.41) is 6.20. The number of methoxy groups -OCH3 is 1. The van der Waals surface area contributed by atoms with E-state index in [2.05, 4.69) is 32.4 Å². The molecule has 1 aromatic heterocycles. The molecular formula is C19H27N5O2. The number of hydrogen-bond acceptors (Lipinski definition) is 7. The number of nitrogens with one attached hydrogen (secondary N) is 2. The van der Waals surface area contributed by atoms with Gasteiger partial charge in [-0.2, -0.15) is 4.98 Å². The molecule has 1 aromatic carbocycles. The predicted octanol–water partition coefficient (Wildman–Crippen LogP) is 3.13. The molecule has 1 aliphatic heterocycles. The number of rotatable bonds is 8. The number of benzene rings is 1. The van der Waals surface area contributed by atoms with Crippen LogP contribution in [0.1, 0.15) is 19.8 Å². The van der Waals surface area contributed by atoms with E-state index in [9.17, 15) is 0 Å². The minimum atomic E-state index is 0.527. The van der Waals surface area contributed by atoms with Crippen LogP contribution in [-0.2, 0) is 0 Å². The second-order valence-corrected chi connectivity index (χ2v) is 6.38. The molecule has 26 heavy (non-hydrogen) atoms. The molecule has 140 valence electrons. The van der Waals surface area contributed by atoms with Crippen molar-refractivity contribution < 1.29 is 9.47 Å². The quantitative estimate of drug-likeness (QED) is 0.752. The number of nitrogens with zero attached hydrogens (tertiary/aromatic N) is 3. The van der Waals surface area contributed by atoms with E-state index in [0.717, 1.165) is 30.3 Å². The van der Waals surface area contributed by atoms with Gasteiger partial charge in [-0.15, -0.1) is 0 Å². The Labute approximate surface area is 154 Å². The zero-order chi connectivity index (χ0) is 18.4. The molecule has 1 aliphatic rings. The molecule has 2 N–H and O–H groups in total. The fraction of sp³-hybridized carbons (Fsp3) is 0.474. The van der Waals surface area contributed by atoms with Crippen molar-refractivity contribution in [1.29, 1.82) is 0 Å². The van der Waals surface area contributed by atoms with Gasteiger partial charge in [-0.3, -0.25) is 4.90 Å². The monoisotopic (exact) mass is 357 g/mol. The van der Waals surface area contributed by atoms with Crippen molar-refractivity contribution in [3.05, 3.63) is 30.5 Å². The van der Waals surface area contributed by atoms with Crippen LogP contribution in [0.25, 0.3) is 0 Å². The van der Waals surface area contributed by atoms with Crippen LogP contribution >= 0.6 is 0 Å². The molecule has 7 heteroatoms. The summed E-state index contributed by atoms with van der Waals surface area (Å²) in [5.74, 6) is 2.72. The van der Waals surface area contributed by atoms with Crippen molar-refractivity contribution >= 4 is 17.5 Å². The van der Waals surface area contributed by atoms with Gasteiger partial charge in [-0.1, -0.05) is 0 Å². The summed E-state index contributed by atoms with van der Waals surface area (Å²) in [7, 11) is 3.48. The van der Waals surface area contributed by atoms with Gasteiger partial charge in [0, 0.05) is 37.6 Å². The maximum Gasteiger partial charge on any atom is 0.229 e. The van der Waals surface area contributed by atoms with E-state index in [4.69, 9.17) is 9.47 Å². The fourth-order valence-electron chi connectivity index (χ4n) is 3.15. The van der Waals surface area contributed by atoms with Crippen LogP contribution < -0.4 is 20.1 Å². The number of ether oxygens (including phenoxy) is 2. The van der Waals surface area contributed by atoms with E-state index in [0.29, 0.717) is 24.3 Å². The van der Waals surface area contributed by atoms with Crippen LogP contribution in [0.3, 0.4) is 0 Å². The standard InChI is InChI=1S/C19H27N5O2/c1-14-5-4-10-24(14)11-12-26-17-13-15(6-7-16(17)25-3)22-19-21-9-8-18(20-2)23-19/h6-9,13-14H,4-5,10-12H2,1-3H3,(H2,20,21,22,23). The zero-order valence-electron chi connectivity index (χ0n) is 15.7. The fourth-order valence-corrected chi connectivity index (χ4v) is 3.15. The van der Waals surface area contributed by atoms with Gasteiger partial charge in [-0.25, -0.2) is 4.98 Å². The van der Waals surface area contributed by atoms with E-state index in [1.807, 2.05) is 31.3 Å². The lowest BCUT2D eigenvalue weighted by atomic mass is 10.2. The van der Waals surface area contributed by atoms with Gasteiger partial charge in [0.2, 0.25) is 5.95 Å². The summed E-state index contributed by atoms with van der Waals surface area (Å²) in [6.45, 7) is 4.99. The van der Waals surface area contributed by atoms with Crippen LogP contribution in [0.2, 0.25) is 0 Å². The maximum atomic E-state index is 6.00. The average Bonchev–Trinajstić information content (AvgIpc) is 3.07. The third kappa shape index (κ3) is 4.54. The van der Waals surface area contributed by atoms with Crippen molar-refractivity contribution in [2.24, 2.45) is 0 Å². The molecule has 0 amide bonds. The van der Waals surface area contributed by atoms with Crippen molar-refractivity contribution in [3.63, 3.8) is 0 Å². The molecule has 1 saturated heterocycles. The summed E-state index contributed by atoms with van der Waals surface area (Å²) >= 11 is 0. The van der Waals surface area contributed by atoms with Gasteiger partial charge in [-0.05, 0) is 44.5 Å². The second-order valence-electron chi connectivity index (χ2n) is 6.38. The van der Waals surface area contributed by atoms with Crippen LogP contribution in [0.15, 0.2) is 30.5 Å². The van der Waals surface area contributed by atoms with E-state index >= 15 is 0 Å². The van der Waals surface area contributed by atoms with Crippen LogP contribution in [0.5, 0.6) is 11.5 Å². The van der Waals surface area contributed by atoms with Crippen molar-refractivity contribution in [1.82, 2.24) is 14.9 Å². The summed E-state index contributed by atoms with van der Waals surface area (Å²) in [6.07, 6.45) is 4.25. The van der Waals surface area contributed by atoms with Gasteiger partial charge in [0.05, 0.1) is 7.11 Å². The molecule has 3 rings (SSSR count). The Hall–Kier alpha value is -2.54. The molecular weight excluding hydrogens is 330 g/mol. The Morgan fingerprint density at radius 2 is 2.15 bits per heavy atom. The summed E-state index contributed by atoms with van der Waals surface area (Å²) in [6, 6.07) is 8.18. The van der Waals surface area contributed by atoms with Gasteiger partial charge >= 0.3 is 0 Å². The lowest BCUT2D eigenvalue weighted by molar-refractivity contribution is 0.200. The molecule has 0 saturated carbocycles.